The van der Waals surface area contributed by atoms with Crippen LogP contribution in [0.15, 0.2) is 18.2 Å². The van der Waals surface area contributed by atoms with Crippen molar-refractivity contribution >= 4 is 5.69 Å². The summed E-state index contributed by atoms with van der Waals surface area (Å²) < 4.78 is 13.9. The predicted octanol–water partition coefficient (Wildman–Crippen LogP) is 2.08. The first-order valence-electron chi connectivity index (χ1n) is 7.23. The molecule has 2 saturated heterocycles. The summed E-state index contributed by atoms with van der Waals surface area (Å²) in [5.74, 6) is -0.242. The molecule has 4 heteroatoms. The lowest BCUT2D eigenvalue weighted by Crippen LogP contribution is -2.54. The van der Waals surface area contributed by atoms with Crippen LogP contribution in [0.25, 0.3) is 0 Å². The number of fused-ring (bicyclic) bond motifs is 1. The fourth-order valence-corrected chi connectivity index (χ4v) is 3.33. The Morgan fingerprint density at radius 1 is 1.21 bits per heavy atom. The lowest BCUT2D eigenvalue weighted by Gasteiger charge is -2.44. The second-order valence-electron chi connectivity index (χ2n) is 5.74. The molecule has 1 unspecified atom stereocenters. The van der Waals surface area contributed by atoms with E-state index in [1.807, 2.05) is 12.1 Å². The summed E-state index contributed by atoms with van der Waals surface area (Å²) in [6.07, 6.45) is 3.96. The van der Waals surface area contributed by atoms with E-state index >= 15 is 0 Å². The average Bonchev–Trinajstić information content (AvgIpc) is 2.44. The molecule has 0 spiro atoms. The first-order valence-corrected chi connectivity index (χ1v) is 7.23. The van der Waals surface area contributed by atoms with Crippen molar-refractivity contribution < 1.29 is 4.39 Å². The highest BCUT2D eigenvalue weighted by atomic mass is 19.1. The quantitative estimate of drug-likeness (QED) is 0.829. The Hall–Kier alpha value is -1.13. The molecule has 2 N–H and O–H groups in total. The Morgan fingerprint density at radius 2 is 2.11 bits per heavy atom. The largest absolute Gasteiger partial charge is 0.396 e. The monoisotopic (exact) mass is 263 g/mol. The first kappa shape index (κ1) is 12.9. The van der Waals surface area contributed by atoms with E-state index in [4.69, 9.17) is 5.73 Å². The van der Waals surface area contributed by atoms with Gasteiger partial charge in [0.2, 0.25) is 0 Å². The SMILES string of the molecule is Nc1cccc(CN2CCN3CCCCC3C2)c1F. The molecule has 0 aromatic heterocycles. The standard InChI is InChI=1S/C15H22FN3/c16-15-12(4-3-6-14(15)17)10-18-8-9-19-7-2-1-5-13(19)11-18/h3-4,6,13H,1-2,5,7-11,17H2. The Labute approximate surface area is 114 Å². The van der Waals surface area contributed by atoms with Crippen molar-refractivity contribution in [3.63, 3.8) is 0 Å². The van der Waals surface area contributed by atoms with Gasteiger partial charge in [-0.1, -0.05) is 18.6 Å². The van der Waals surface area contributed by atoms with Gasteiger partial charge in [-0.2, -0.15) is 0 Å². The lowest BCUT2D eigenvalue weighted by atomic mass is 9.99. The summed E-state index contributed by atoms with van der Waals surface area (Å²) in [4.78, 5) is 4.96. The minimum atomic E-state index is -0.242. The number of anilines is 1. The van der Waals surface area contributed by atoms with Crippen LogP contribution in [0.1, 0.15) is 24.8 Å². The van der Waals surface area contributed by atoms with Gasteiger partial charge in [-0.25, -0.2) is 4.39 Å². The molecule has 1 aromatic rings. The van der Waals surface area contributed by atoms with Gasteiger partial charge in [0.1, 0.15) is 0 Å². The Bertz CT molecular complexity index is 449. The first-order chi connectivity index (χ1) is 9.24. The summed E-state index contributed by atoms with van der Waals surface area (Å²) >= 11 is 0. The van der Waals surface area contributed by atoms with Gasteiger partial charge >= 0.3 is 0 Å². The number of hydrogen-bond acceptors (Lipinski definition) is 3. The van der Waals surface area contributed by atoms with Crippen molar-refractivity contribution in [3.05, 3.63) is 29.6 Å². The van der Waals surface area contributed by atoms with E-state index in [1.165, 1.54) is 25.8 Å². The molecule has 0 saturated carbocycles. The highest BCUT2D eigenvalue weighted by Gasteiger charge is 2.29. The topological polar surface area (TPSA) is 32.5 Å². The second kappa shape index (κ2) is 5.47. The highest BCUT2D eigenvalue weighted by Crippen LogP contribution is 2.23. The number of piperazine rings is 1. The third-order valence-corrected chi connectivity index (χ3v) is 4.42. The molecule has 0 aliphatic carbocycles. The minimum Gasteiger partial charge on any atom is -0.396 e. The molecule has 2 aliphatic rings. The van der Waals surface area contributed by atoms with Crippen LogP contribution in [0.3, 0.4) is 0 Å². The molecule has 0 amide bonds. The third kappa shape index (κ3) is 2.74. The molecular formula is C15H22FN3. The van der Waals surface area contributed by atoms with Gasteiger partial charge in [-0.05, 0) is 25.5 Å². The molecule has 1 aromatic carbocycles. The highest BCUT2D eigenvalue weighted by molar-refractivity contribution is 5.42. The predicted molar refractivity (Wildman–Crippen MR) is 75.3 cm³/mol. The number of rotatable bonds is 2. The van der Waals surface area contributed by atoms with Gasteiger partial charge in [-0.15, -0.1) is 0 Å². The lowest BCUT2D eigenvalue weighted by molar-refractivity contribution is 0.0452. The van der Waals surface area contributed by atoms with E-state index in [2.05, 4.69) is 9.80 Å². The molecule has 0 bridgehead atoms. The van der Waals surface area contributed by atoms with E-state index in [0.717, 1.165) is 25.2 Å². The van der Waals surface area contributed by atoms with Gasteiger partial charge in [0.05, 0.1) is 5.69 Å². The molecule has 2 aliphatic heterocycles. The zero-order valence-electron chi connectivity index (χ0n) is 11.3. The van der Waals surface area contributed by atoms with Crippen LogP contribution < -0.4 is 5.73 Å². The van der Waals surface area contributed by atoms with E-state index in [9.17, 15) is 4.39 Å². The van der Waals surface area contributed by atoms with Crippen molar-refractivity contribution in [2.75, 3.05) is 31.9 Å². The van der Waals surface area contributed by atoms with Crippen LogP contribution in [0, 0.1) is 5.82 Å². The third-order valence-electron chi connectivity index (χ3n) is 4.42. The molecule has 2 fully saturated rings. The van der Waals surface area contributed by atoms with Crippen LogP contribution in [0.5, 0.6) is 0 Å². The molecule has 3 nitrogen and oxygen atoms in total. The molecule has 19 heavy (non-hydrogen) atoms. The van der Waals surface area contributed by atoms with Crippen LogP contribution in [0.4, 0.5) is 10.1 Å². The number of nitrogens with two attached hydrogens (primary N) is 1. The minimum absolute atomic E-state index is 0.242. The maximum absolute atomic E-state index is 13.9. The fraction of sp³-hybridized carbons (Fsp3) is 0.600. The maximum atomic E-state index is 13.9. The van der Waals surface area contributed by atoms with Crippen LogP contribution >= 0.6 is 0 Å². The van der Waals surface area contributed by atoms with Crippen molar-refractivity contribution in [1.82, 2.24) is 9.80 Å². The molecule has 1 atom stereocenters. The molecular weight excluding hydrogens is 241 g/mol. The van der Waals surface area contributed by atoms with E-state index in [1.54, 1.807) is 6.07 Å². The number of benzene rings is 1. The van der Waals surface area contributed by atoms with Crippen molar-refractivity contribution in [2.45, 2.75) is 31.8 Å². The van der Waals surface area contributed by atoms with E-state index < -0.39 is 0 Å². The Morgan fingerprint density at radius 3 is 3.00 bits per heavy atom. The average molecular weight is 263 g/mol. The zero-order chi connectivity index (χ0) is 13.2. The van der Waals surface area contributed by atoms with Gasteiger partial charge < -0.3 is 5.73 Å². The van der Waals surface area contributed by atoms with Crippen molar-refractivity contribution in [3.8, 4) is 0 Å². The number of nitrogen functional groups attached to an aromatic ring is 1. The Kier molecular flexibility index (Phi) is 3.71. The summed E-state index contributed by atoms with van der Waals surface area (Å²) in [6.45, 7) is 5.14. The smallest absolute Gasteiger partial charge is 0.150 e. The zero-order valence-corrected chi connectivity index (χ0v) is 11.3. The Balaban J connectivity index is 1.66. The number of halogens is 1. The van der Waals surface area contributed by atoms with Gasteiger partial charge in [0.25, 0.3) is 0 Å². The number of hydrogen-bond donors (Lipinski definition) is 1. The normalized spacial score (nSPS) is 25.2. The van der Waals surface area contributed by atoms with Gasteiger partial charge in [-0.3, -0.25) is 9.80 Å². The fourth-order valence-electron chi connectivity index (χ4n) is 3.33. The summed E-state index contributed by atoms with van der Waals surface area (Å²) in [6, 6.07) is 5.98. The van der Waals surface area contributed by atoms with Crippen LogP contribution in [-0.2, 0) is 6.54 Å². The molecule has 3 rings (SSSR count). The number of piperidine rings is 1. The number of nitrogens with zero attached hydrogens (tertiary/aromatic N) is 2. The molecule has 0 radical (unpaired) electrons. The van der Waals surface area contributed by atoms with Crippen molar-refractivity contribution in [1.29, 1.82) is 0 Å². The van der Waals surface area contributed by atoms with Crippen LogP contribution in [-0.4, -0.2) is 42.0 Å². The van der Waals surface area contributed by atoms with Gasteiger partial charge in [0, 0.05) is 37.8 Å². The molecule has 104 valence electrons. The maximum Gasteiger partial charge on any atom is 0.150 e. The van der Waals surface area contributed by atoms with Crippen LogP contribution in [0.2, 0.25) is 0 Å². The summed E-state index contributed by atoms with van der Waals surface area (Å²) in [7, 11) is 0. The van der Waals surface area contributed by atoms with E-state index in [0.29, 0.717) is 12.6 Å². The second-order valence-corrected chi connectivity index (χ2v) is 5.74. The van der Waals surface area contributed by atoms with E-state index in [-0.39, 0.29) is 11.5 Å². The molecule has 2 heterocycles. The van der Waals surface area contributed by atoms with Crippen molar-refractivity contribution in [2.24, 2.45) is 0 Å². The summed E-state index contributed by atoms with van der Waals surface area (Å²) in [5.41, 5.74) is 6.61. The summed E-state index contributed by atoms with van der Waals surface area (Å²) in [5, 5.41) is 0. The van der Waals surface area contributed by atoms with Gasteiger partial charge in [0.15, 0.2) is 5.82 Å².